The molecule has 2 heterocycles. The Morgan fingerprint density at radius 3 is 2.58 bits per heavy atom. The van der Waals surface area contributed by atoms with Gasteiger partial charge in [-0.1, -0.05) is 0 Å². The van der Waals surface area contributed by atoms with Crippen LogP contribution >= 0.6 is 0 Å². The maximum atomic E-state index is 14.0. The van der Waals surface area contributed by atoms with E-state index >= 15 is 0 Å². The normalized spacial score (nSPS) is 18.6. The molecule has 1 aromatic rings. The molecule has 1 aromatic carbocycles. The van der Waals surface area contributed by atoms with Crippen molar-refractivity contribution in [3.8, 4) is 0 Å². The van der Waals surface area contributed by atoms with Crippen molar-refractivity contribution in [1.82, 2.24) is 0 Å². The fraction of sp³-hybridized carbons (Fsp3) is 0.533. The van der Waals surface area contributed by atoms with Gasteiger partial charge in [0.15, 0.2) is 0 Å². The van der Waals surface area contributed by atoms with Crippen molar-refractivity contribution >= 4 is 17.3 Å². The second kappa shape index (κ2) is 3.95. The highest BCUT2D eigenvalue weighted by Gasteiger charge is 2.36. The number of hydrogen-bond acceptors (Lipinski definition) is 2. The molecule has 2 aliphatic heterocycles. The van der Waals surface area contributed by atoms with E-state index < -0.39 is 0 Å². The van der Waals surface area contributed by atoms with E-state index in [0.29, 0.717) is 24.9 Å². The number of carbonyl (C=O) groups excluding carboxylic acids is 1. The highest BCUT2D eigenvalue weighted by atomic mass is 19.1. The highest BCUT2D eigenvalue weighted by Crippen LogP contribution is 2.43. The van der Waals surface area contributed by atoms with E-state index in [4.69, 9.17) is 0 Å². The summed E-state index contributed by atoms with van der Waals surface area (Å²) in [5, 5.41) is 0. The molecule has 3 rings (SSSR count). The minimum Gasteiger partial charge on any atom is -0.363 e. The molecule has 0 aliphatic carbocycles. The second-order valence-electron chi connectivity index (χ2n) is 6.26. The molecular formula is C15H19FN2O. The Labute approximate surface area is 113 Å². The lowest BCUT2D eigenvalue weighted by molar-refractivity contribution is -0.118. The minimum absolute atomic E-state index is 0.0296. The zero-order valence-corrected chi connectivity index (χ0v) is 11.7. The molecule has 0 unspecified atom stereocenters. The van der Waals surface area contributed by atoms with Gasteiger partial charge in [0, 0.05) is 30.6 Å². The lowest BCUT2D eigenvalue weighted by Gasteiger charge is -2.46. The number of anilines is 2. The Morgan fingerprint density at radius 1 is 1.16 bits per heavy atom. The van der Waals surface area contributed by atoms with Crippen LogP contribution in [-0.4, -0.2) is 24.5 Å². The Balaban J connectivity index is 2.20. The molecule has 1 amide bonds. The van der Waals surface area contributed by atoms with Crippen molar-refractivity contribution in [1.29, 1.82) is 0 Å². The molecule has 0 fully saturated rings. The van der Waals surface area contributed by atoms with E-state index in [2.05, 4.69) is 25.7 Å². The van der Waals surface area contributed by atoms with Crippen molar-refractivity contribution in [2.75, 3.05) is 22.9 Å². The van der Waals surface area contributed by atoms with E-state index in [0.717, 1.165) is 17.9 Å². The first kappa shape index (κ1) is 12.5. The van der Waals surface area contributed by atoms with Gasteiger partial charge >= 0.3 is 0 Å². The first-order valence-electron chi connectivity index (χ1n) is 6.79. The first-order chi connectivity index (χ1) is 8.89. The largest absolute Gasteiger partial charge is 0.363 e. The van der Waals surface area contributed by atoms with E-state index in [-0.39, 0.29) is 17.3 Å². The van der Waals surface area contributed by atoms with Gasteiger partial charge in [0.1, 0.15) is 5.82 Å². The first-order valence-corrected chi connectivity index (χ1v) is 6.79. The molecule has 102 valence electrons. The quantitative estimate of drug-likeness (QED) is 0.717. The molecule has 0 saturated heterocycles. The summed E-state index contributed by atoms with van der Waals surface area (Å²) in [5.74, 6) is -0.0695. The maximum Gasteiger partial charge on any atom is 0.227 e. The summed E-state index contributed by atoms with van der Waals surface area (Å²) in [6.07, 6.45) is 0.936. The number of carbonyl (C=O) groups is 1. The predicted molar refractivity (Wildman–Crippen MR) is 74.2 cm³/mol. The van der Waals surface area contributed by atoms with Crippen molar-refractivity contribution in [3.05, 3.63) is 23.5 Å². The van der Waals surface area contributed by atoms with E-state index in [9.17, 15) is 9.18 Å². The number of amides is 1. The summed E-state index contributed by atoms with van der Waals surface area (Å²) in [6.45, 7) is 7.88. The molecule has 0 bridgehead atoms. The monoisotopic (exact) mass is 262 g/mol. The molecular weight excluding hydrogens is 243 g/mol. The van der Waals surface area contributed by atoms with Crippen LogP contribution in [0, 0.1) is 5.82 Å². The van der Waals surface area contributed by atoms with Gasteiger partial charge in [-0.25, -0.2) is 4.39 Å². The van der Waals surface area contributed by atoms with Gasteiger partial charge in [0.2, 0.25) is 5.91 Å². The number of nitrogens with zero attached hydrogens (tertiary/aromatic N) is 2. The number of hydrogen-bond donors (Lipinski definition) is 0. The van der Waals surface area contributed by atoms with Gasteiger partial charge in [-0.05, 0) is 39.3 Å². The third-order valence-corrected chi connectivity index (χ3v) is 4.01. The molecule has 0 saturated carbocycles. The summed E-state index contributed by atoms with van der Waals surface area (Å²) < 4.78 is 14.0. The fourth-order valence-corrected chi connectivity index (χ4v) is 3.10. The van der Waals surface area contributed by atoms with Gasteiger partial charge < -0.3 is 9.80 Å². The SMILES string of the molecule is CC(C)(C)N1CCN2C(=O)CCc3c(F)ccc1c32. The topological polar surface area (TPSA) is 23.6 Å². The lowest BCUT2D eigenvalue weighted by Crippen LogP contribution is -2.52. The third-order valence-electron chi connectivity index (χ3n) is 4.01. The molecule has 0 spiro atoms. The molecule has 19 heavy (non-hydrogen) atoms. The van der Waals surface area contributed by atoms with Gasteiger partial charge in [0.25, 0.3) is 0 Å². The Bertz CT molecular complexity index is 548. The van der Waals surface area contributed by atoms with Crippen molar-refractivity contribution in [3.63, 3.8) is 0 Å². The fourth-order valence-electron chi connectivity index (χ4n) is 3.10. The Hall–Kier alpha value is -1.58. The van der Waals surface area contributed by atoms with Crippen molar-refractivity contribution < 1.29 is 9.18 Å². The predicted octanol–water partition coefficient (Wildman–Crippen LogP) is 2.72. The van der Waals surface area contributed by atoms with Gasteiger partial charge in [-0.2, -0.15) is 0 Å². The smallest absolute Gasteiger partial charge is 0.227 e. The molecule has 0 atom stereocenters. The van der Waals surface area contributed by atoms with Gasteiger partial charge in [-0.3, -0.25) is 4.79 Å². The van der Waals surface area contributed by atoms with Crippen LogP contribution in [0.5, 0.6) is 0 Å². The summed E-state index contributed by atoms with van der Waals surface area (Å²) >= 11 is 0. The number of halogens is 1. The van der Waals surface area contributed by atoms with Gasteiger partial charge in [-0.15, -0.1) is 0 Å². The summed E-state index contributed by atoms with van der Waals surface area (Å²) in [7, 11) is 0. The van der Waals surface area contributed by atoms with Crippen LogP contribution in [0.25, 0.3) is 0 Å². The van der Waals surface area contributed by atoms with Crippen molar-refractivity contribution in [2.45, 2.75) is 39.2 Å². The molecule has 2 aliphatic rings. The maximum absolute atomic E-state index is 14.0. The van der Waals surface area contributed by atoms with Crippen LogP contribution in [-0.2, 0) is 11.2 Å². The van der Waals surface area contributed by atoms with E-state index in [1.54, 1.807) is 4.90 Å². The zero-order chi connectivity index (χ0) is 13.8. The average Bonchev–Trinajstić information content (AvgIpc) is 2.34. The van der Waals surface area contributed by atoms with Crippen LogP contribution in [0.3, 0.4) is 0 Å². The molecule has 0 aromatic heterocycles. The van der Waals surface area contributed by atoms with E-state index in [1.165, 1.54) is 6.07 Å². The summed E-state index contributed by atoms with van der Waals surface area (Å²) in [6, 6.07) is 3.34. The van der Waals surface area contributed by atoms with Crippen molar-refractivity contribution in [2.24, 2.45) is 0 Å². The second-order valence-corrected chi connectivity index (χ2v) is 6.26. The number of rotatable bonds is 0. The van der Waals surface area contributed by atoms with Crippen LogP contribution in [0.4, 0.5) is 15.8 Å². The van der Waals surface area contributed by atoms with Crippen LogP contribution in [0.2, 0.25) is 0 Å². The van der Waals surface area contributed by atoms with Crippen LogP contribution in [0.15, 0.2) is 12.1 Å². The summed E-state index contributed by atoms with van der Waals surface area (Å²) in [5.41, 5.74) is 2.46. The standard InChI is InChI=1S/C15H19FN2O/c1-15(2,3)18-9-8-17-13(19)7-4-10-11(16)5-6-12(18)14(10)17/h5-6H,4,7-9H2,1-3H3. The Kier molecular flexibility index (Phi) is 2.59. The molecule has 0 N–H and O–H groups in total. The molecule has 4 heteroatoms. The van der Waals surface area contributed by atoms with E-state index in [1.807, 2.05) is 6.07 Å². The highest BCUT2D eigenvalue weighted by molar-refractivity contribution is 6.01. The average molecular weight is 262 g/mol. The number of benzene rings is 1. The molecule has 3 nitrogen and oxygen atoms in total. The van der Waals surface area contributed by atoms with Crippen LogP contribution in [0.1, 0.15) is 32.8 Å². The Morgan fingerprint density at radius 2 is 1.89 bits per heavy atom. The zero-order valence-electron chi connectivity index (χ0n) is 11.7. The third kappa shape index (κ3) is 1.81. The van der Waals surface area contributed by atoms with Gasteiger partial charge in [0.05, 0.1) is 11.4 Å². The minimum atomic E-state index is -0.188. The van der Waals surface area contributed by atoms with Crippen LogP contribution < -0.4 is 9.80 Å². The molecule has 0 radical (unpaired) electrons. The summed E-state index contributed by atoms with van der Waals surface area (Å²) in [4.78, 5) is 16.1. The lowest BCUT2D eigenvalue weighted by atomic mass is 9.94.